The summed E-state index contributed by atoms with van der Waals surface area (Å²) in [7, 11) is 0. The van der Waals surface area contributed by atoms with Gasteiger partial charge in [0, 0.05) is 50.0 Å². The summed E-state index contributed by atoms with van der Waals surface area (Å²) in [5.74, 6) is 0. The molecule has 1 spiro atoms. The Kier molecular flexibility index (Phi) is 10.4. The van der Waals surface area contributed by atoms with E-state index in [9.17, 15) is 0 Å². The van der Waals surface area contributed by atoms with Gasteiger partial charge in [0.05, 0.1) is 11.1 Å². The Bertz CT molecular complexity index is 4850. The van der Waals surface area contributed by atoms with Crippen LogP contribution in [0.1, 0.15) is 88.9 Å². The zero-order valence-corrected chi connectivity index (χ0v) is 49.0. The van der Waals surface area contributed by atoms with E-state index in [1.54, 1.807) is 0 Å². The summed E-state index contributed by atoms with van der Waals surface area (Å²) in [5, 5.41) is 2.20. The van der Waals surface area contributed by atoms with Gasteiger partial charge in [-0.1, -0.05) is 215 Å². The predicted molar refractivity (Wildman–Crippen MR) is 354 cm³/mol. The van der Waals surface area contributed by atoms with E-state index >= 15 is 0 Å². The van der Waals surface area contributed by atoms with Crippen molar-refractivity contribution < 1.29 is 4.42 Å². The van der Waals surface area contributed by atoms with Crippen LogP contribution in [-0.2, 0) is 16.2 Å². The fourth-order valence-corrected chi connectivity index (χ4v) is 15.9. The third kappa shape index (κ3) is 6.90. The van der Waals surface area contributed by atoms with E-state index in [-0.39, 0.29) is 10.8 Å². The van der Waals surface area contributed by atoms with Crippen LogP contribution in [0.3, 0.4) is 0 Å². The number of hydrogen-bond acceptors (Lipinski definition) is 3. The Morgan fingerprint density at radius 1 is 0.294 bits per heavy atom. The van der Waals surface area contributed by atoms with Crippen molar-refractivity contribution in [2.75, 3.05) is 9.80 Å². The lowest BCUT2D eigenvalue weighted by Crippen LogP contribution is -2.25. The van der Waals surface area contributed by atoms with E-state index in [1.807, 2.05) is 0 Å². The minimum atomic E-state index is -0.429. The molecule has 85 heavy (non-hydrogen) atoms. The normalized spacial score (nSPS) is 14.6. The number of nitrogens with zero attached hydrogens (tertiary/aromatic N) is 2. The molecule has 0 bridgehead atoms. The summed E-state index contributed by atoms with van der Waals surface area (Å²) in [5.41, 5.74) is 35.0. The predicted octanol–water partition coefficient (Wildman–Crippen LogP) is 22.1. The Morgan fingerprint density at radius 3 is 1.29 bits per heavy atom. The van der Waals surface area contributed by atoms with Crippen LogP contribution in [0.4, 0.5) is 34.1 Å². The van der Waals surface area contributed by atoms with Gasteiger partial charge in [-0.25, -0.2) is 0 Å². The van der Waals surface area contributed by atoms with Gasteiger partial charge in [0.15, 0.2) is 5.58 Å². The largest absolute Gasteiger partial charge is 0.454 e. The molecule has 0 radical (unpaired) electrons. The van der Waals surface area contributed by atoms with Gasteiger partial charge in [-0.2, -0.15) is 0 Å². The average molecular weight is 1090 g/mol. The lowest BCUT2D eigenvalue weighted by Gasteiger charge is -2.31. The first-order chi connectivity index (χ1) is 41.4. The summed E-state index contributed by atoms with van der Waals surface area (Å²) in [6.07, 6.45) is 0. The maximum atomic E-state index is 6.87. The highest BCUT2D eigenvalue weighted by atomic mass is 16.3. The molecule has 0 unspecified atom stereocenters. The number of aryl methyl sites for hydroxylation is 3. The molecule has 0 N–H and O–H groups in total. The van der Waals surface area contributed by atoms with Crippen LogP contribution in [0.15, 0.2) is 253 Å². The van der Waals surface area contributed by atoms with Crippen LogP contribution in [0.25, 0.3) is 77.6 Å². The molecule has 4 aliphatic carbocycles. The van der Waals surface area contributed by atoms with Gasteiger partial charge in [-0.05, 0) is 199 Å². The van der Waals surface area contributed by atoms with E-state index < -0.39 is 5.41 Å². The number of rotatable bonds is 7. The van der Waals surface area contributed by atoms with Crippen molar-refractivity contribution in [1.29, 1.82) is 0 Å². The monoisotopic (exact) mass is 1090 g/mol. The van der Waals surface area contributed by atoms with Crippen molar-refractivity contribution >= 4 is 56.1 Å². The average Bonchev–Trinajstić information content (AvgIpc) is 1.56. The van der Waals surface area contributed by atoms with Gasteiger partial charge < -0.3 is 14.2 Å². The van der Waals surface area contributed by atoms with Crippen LogP contribution in [-0.4, -0.2) is 0 Å². The molecule has 0 aliphatic heterocycles. The topological polar surface area (TPSA) is 19.6 Å². The van der Waals surface area contributed by atoms with Crippen LogP contribution < -0.4 is 9.80 Å². The highest BCUT2D eigenvalue weighted by Crippen LogP contribution is 2.64. The van der Waals surface area contributed by atoms with Gasteiger partial charge in [0.2, 0.25) is 0 Å². The van der Waals surface area contributed by atoms with E-state index in [0.29, 0.717) is 0 Å². The summed E-state index contributed by atoms with van der Waals surface area (Å²) in [6, 6.07) is 93.8. The smallest absolute Gasteiger partial charge is 0.159 e. The number of benzene rings is 12. The van der Waals surface area contributed by atoms with E-state index in [1.165, 1.54) is 111 Å². The third-order valence-corrected chi connectivity index (χ3v) is 19.9. The highest BCUT2D eigenvalue weighted by Gasteiger charge is 2.51. The van der Waals surface area contributed by atoms with Crippen molar-refractivity contribution in [3.05, 3.63) is 310 Å². The molecule has 13 aromatic rings. The Balaban J connectivity index is 0.790. The molecule has 0 atom stereocenters. The van der Waals surface area contributed by atoms with E-state index in [0.717, 1.165) is 61.6 Å². The van der Waals surface area contributed by atoms with Gasteiger partial charge in [-0.3, -0.25) is 0 Å². The molecule has 3 nitrogen and oxygen atoms in total. The fourth-order valence-electron chi connectivity index (χ4n) is 15.9. The van der Waals surface area contributed by atoms with Crippen LogP contribution in [0, 0.1) is 20.8 Å². The Hall–Kier alpha value is -9.96. The van der Waals surface area contributed by atoms with Crippen LogP contribution in [0.2, 0.25) is 0 Å². The molecule has 0 fully saturated rings. The SMILES string of the molecule is Cc1ccc2c(c1)C(C)(C)c1cc(N(c3ccc(-c4ccc(N(c5ccc6c(c5)-c5ccccc5C65c6ccccc6-c6ccccc65)c5cccc6c5oc5ccccc56)cc4)c(C)c3)c3ccc4c(c3)C(C)(C)c3cc(C)ccc3-4)ccc1-2. The first kappa shape index (κ1) is 49.6. The fraction of sp³-hybridized carbons (Fsp3) is 0.122. The van der Waals surface area contributed by atoms with E-state index in [4.69, 9.17) is 4.42 Å². The van der Waals surface area contributed by atoms with Gasteiger partial charge in [0.25, 0.3) is 0 Å². The maximum absolute atomic E-state index is 6.87. The standard InChI is InChI=1S/C82H62N2O/c1-49-27-37-62-64-40-34-56(47-75(64)80(4,5)73(62)43-49)83(57-35-41-65-63-38-28-50(2)44-74(63)81(6,7)76(65)48-57)54-33-39-58(51(3)45-54)52-29-31-53(32-30-52)84(77-25-16-21-67-66-20-11-15-26-78(66)85-79(67)77)55-36-42-72-68(46-55)61-19-10-14-24-71(61)82(72)69-22-12-8-17-59(69)60-18-9-13-23-70(60)82/h8-48H,1-7H3. The molecule has 4 aliphatic rings. The maximum Gasteiger partial charge on any atom is 0.159 e. The van der Waals surface area contributed by atoms with Crippen LogP contribution in [0.5, 0.6) is 0 Å². The molecule has 12 aromatic carbocycles. The number of fused-ring (bicyclic) bond motifs is 19. The molecule has 406 valence electrons. The molecular formula is C82H62N2O. The highest BCUT2D eigenvalue weighted by molar-refractivity contribution is 6.10. The van der Waals surface area contributed by atoms with Crippen molar-refractivity contribution in [1.82, 2.24) is 0 Å². The molecule has 1 heterocycles. The molecule has 1 aromatic heterocycles. The minimum absolute atomic E-state index is 0.151. The molecular weight excluding hydrogens is 1030 g/mol. The molecule has 17 rings (SSSR count). The minimum Gasteiger partial charge on any atom is -0.454 e. The second-order valence-electron chi connectivity index (χ2n) is 25.4. The first-order valence-corrected chi connectivity index (χ1v) is 30.1. The first-order valence-electron chi connectivity index (χ1n) is 30.1. The molecule has 0 saturated heterocycles. The Morgan fingerprint density at radius 2 is 0.718 bits per heavy atom. The third-order valence-electron chi connectivity index (χ3n) is 19.9. The lowest BCUT2D eigenvalue weighted by molar-refractivity contribution is 0.659. The van der Waals surface area contributed by atoms with Crippen LogP contribution >= 0.6 is 0 Å². The second-order valence-corrected chi connectivity index (χ2v) is 25.4. The number of furan rings is 1. The van der Waals surface area contributed by atoms with Crippen molar-refractivity contribution in [3.63, 3.8) is 0 Å². The van der Waals surface area contributed by atoms with Crippen molar-refractivity contribution in [2.45, 2.75) is 64.7 Å². The number of anilines is 6. The summed E-state index contributed by atoms with van der Waals surface area (Å²) >= 11 is 0. The molecule has 3 heteroatoms. The van der Waals surface area contributed by atoms with Crippen molar-refractivity contribution in [2.24, 2.45) is 0 Å². The lowest BCUT2D eigenvalue weighted by atomic mass is 9.70. The zero-order chi connectivity index (χ0) is 57.3. The van der Waals surface area contributed by atoms with Crippen molar-refractivity contribution in [3.8, 4) is 55.6 Å². The van der Waals surface area contributed by atoms with Gasteiger partial charge in [-0.15, -0.1) is 0 Å². The van der Waals surface area contributed by atoms with Gasteiger partial charge in [0.1, 0.15) is 5.58 Å². The molecule has 0 amide bonds. The summed E-state index contributed by atoms with van der Waals surface area (Å²) in [6.45, 7) is 16.2. The molecule has 0 saturated carbocycles. The number of hydrogen-bond donors (Lipinski definition) is 0. The summed E-state index contributed by atoms with van der Waals surface area (Å²) in [4.78, 5) is 4.90. The van der Waals surface area contributed by atoms with Gasteiger partial charge >= 0.3 is 0 Å². The zero-order valence-electron chi connectivity index (χ0n) is 49.0. The summed E-state index contributed by atoms with van der Waals surface area (Å²) < 4.78 is 6.87. The second kappa shape index (κ2) is 17.8. The quantitative estimate of drug-likeness (QED) is 0.159. The Labute approximate surface area is 497 Å². The van der Waals surface area contributed by atoms with E-state index in [2.05, 4.69) is 307 Å². The number of para-hydroxylation sites is 2.